The van der Waals surface area contributed by atoms with Crippen LogP contribution in [0, 0.1) is 0 Å². The molecule has 1 fully saturated rings. The van der Waals surface area contributed by atoms with E-state index in [1.165, 1.54) is 6.39 Å². The van der Waals surface area contributed by atoms with Crippen molar-refractivity contribution in [1.82, 2.24) is 25.3 Å². The fraction of sp³-hybridized carbons (Fsp3) is 0.500. The molecule has 1 saturated heterocycles. The maximum absolute atomic E-state index is 12.6. The van der Waals surface area contributed by atoms with E-state index < -0.39 is 0 Å². The number of benzene rings is 1. The van der Waals surface area contributed by atoms with Crippen molar-refractivity contribution in [2.75, 3.05) is 27.2 Å². The van der Waals surface area contributed by atoms with E-state index >= 15 is 0 Å². The highest BCUT2D eigenvalue weighted by Crippen LogP contribution is 2.37. The second kappa shape index (κ2) is 8.46. The van der Waals surface area contributed by atoms with Crippen LogP contribution >= 0.6 is 23.2 Å². The first-order valence-electron chi connectivity index (χ1n) is 8.84. The van der Waals surface area contributed by atoms with Gasteiger partial charge in [-0.3, -0.25) is 0 Å². The third-order valence-electron chi connectivity index (χ3n) is 5.07. The summed E-state index contributed by atoms with van der Waals surface area (Å²) in [5.41, 5.74) is 1.29. The fourth-order valence-corrected chi connectivity index (χ4v) is 3.85. The second-order valence-electron chi connectivity index (χ2n) is 6.89. The maximum Gasteiger partial charge on any atom is 0.317 e. The molecule has 146 valence electrons. The third-order valence-corrected chi connectivity index (χ3v) is 5.96. The number of aromatic nitrogens is 2. The molecule has 9 heteroatoms. The van der Waals surface area contributed by atoms with Crippen molar-refractivity contribution in [3.63, 3.8) is 0 Å². The summed E-state index contributed by atoms with van der Waals surface area (Å²) in [6.07, 6.45) is 3.18. The van der Waals surface area contributed by atoms with Crippen LogP contribution in [0.5, 0.6) is 0 Å². The molecule has 1 atom stereocenters. The summed E-state index contributed by atoms with van der Waals surface area (Å²) in [4.78, 5) is 16.7. The van der Waals surface area contributed by atoms with Gasteiger partial charge >= 0.3 is 6.03 Å². The van der Waals surface area contributed by atoms with Gasteiger partial charge < -0.3 is 19.5 Å². The molecular formula is C18H23Cl2N5O2. The minimum Gasteiger partial charge on any atom is -0.423 e. The third kappa shape index (κ3) is 4.36. The SMILES string of the molecule is CC(NC(=O)N(C)C1CCN(C)CC1)c1ccc(-c2nnco2)c(Cl)c1Cl. The average molecular weight is 412 g/mol. The maximum atomic E-state index is 12.6. The van der Waals surface area contributed by atoms with E-state index in [2.05, 4.69) is 27.5 Å². The van der Waals surface area contributed by atoms with E-state index in [1.807, 2.05) is 20.0 Å². The minimum absolute atomic E-state index is 0.120. The highest BCUT2D eigenvalue weighted by Gasteiger charge is 2.26. The van der Waals surface area contributed by atoms with E-state index in [0.717, 1.165) is 31.5 Å². The van der Waals surface area contributed by atoms with Crippen LogP contribution in [0.25, 0.3) is 11.5 Å². The lowest BCUT2D eigenvalue weighted by molar-refractivity contribution is 0.146. The molecule has 1 aliphatic heterocycles. The van der Waals surface area contributed by atoms with Gasteiger partial charge in [-0.05, 0) is 51.5 Å². The fourth-order valence-electron chi connectivity index (χ4n) is 3.27. The number of hydrogen-bond acceptors (Lipinski definition) is 5. The Labute approximate surface area is 168 Å². The highest BCUT2D eigenvalue weighted by atomic mass is 35.5. The topological polar surface area (TPSA) is 74.5 Å². The summed E-state index contributed by atoms with van der Waals surface area (Å²) in [6.45, 7) is 3.87. The van der Waals surface area contributed by atoms with Gasteiger partial charge in [-0.2, -0.15) is 0 Å². The van der Waals surface area contributed by atoms with Gasteiger partial charge in [0, 0.05) is 13.1 Å². The summed E-state index contributed by atoms with van der Waals surface area (Å²) < 4.78 is 5.18. The van der Waals surface area contributed by atoms with Crippen LogP contribution in [-0.2, 0) is 0 Å². The zero-order valence-electron chi connectivity index (χ0n) is 15.6. The van der Waals surface area contributed by atoms with Gasteiger partial charge in [0.15, 0.2) is 0 Å². The number of urea groups is 1. The standard InChI is InChI=1S/C18H23Cl2N5O2/c1-11(22-18(26)25(3)12-6-8-24(2)9-7-12)13-4-5-14(16(20)15(13)19)17-23-21-10-27-17/h4-5,10-12H,6-9H2,1-3H3,(H,22,26). The number of carbonyl (C=O) groups excluding carboxylic acids is 1. The monoisotopic (exact) mass is 411 g/mol. The quantitative estimate of drug-likeness (QED) is 0.826. The zero-order valence-corrected chi connectivity index (χ0v) is 17.1. The summed E-state index contributed by atoms with van der Waals surface area (Å²) in [7, 11) is 3.94. The van der Waals surface area contributed by atoms with E-state index in [-0.39, 0.29) is 18.1 Å². The largest absolute Gasteiger partial charge is 0.423 e. The van der Waals surface area contributed by atoms with Gasteiger partial charge in [0.1, 0.15) is 0 Å². The molecule has 27 heavy (non-hydrogen) atoms. The van der Waals surface area contributed by atoms with Gasteiger partial charge in [-0.1, -0.05) is 29.3 Å². The zero-order chi connectivity index (χ0) is 19.6. The number of nitrogens with one attached hydrogen (secondary N) is 1. The first kappa shape index (κ1) is 19.9. The summed E-state index contributed by atoms with van der Waals surface area (Å²) >= 11 is 12.8. The Balaban J connectivity index is 1.69. The molecule has 0 aliphatic carbocycles. The Bertz CT molecular complexity index is 791. The lowest BCUT2D eigenvalue weighted by atomic mass is 10.0. The Hall–Kier alpha value is -1.83. The Morgan fingerprint density at radius 2 is 2.04 bits per heavy atom. The van der Waals surface area contributed by atoms with Crippen molar-refractivity contribution >= 4 is 29.2 Å². The van der Waals surface area contributed by atoms with Gasteiger partial charge in [-0.25, -0.2) is 4.79 Å². The molecule has 0 bridgehead atoms. The molecule has 0 radical (unpaired) electrons. The van der Waals surface area contributed by atoms with Gasteiger partial charge in [0.25, 0.3) is 0 Å². The van der Waals surface area contributed by atoms with Gasteiger partial charge in [0.05, 0.1) is 21.7 Å². The number of likely N-dealkylation sites (tertiary alicyclic amines) is 1. The van der Waals surface area contributed by atoms with Crippen LogP contribution < -0.4 is 5.32 Å². The van der Waals surface area contributed by atoms with Gasteiger partial charge in [-0.15, -0.1) is 10.2 Å². The molecule has 1 aromatic heterocycles. The highest BCUT2D eigenvalue weighted by molar-refractivity contribution is 6.44. The predicted octanol–water partition coefficient (Wildman–Crippen LogP) is 3.84. The number of rotatable bonds is 4. The van der Waals surface area contributed by atoms with Crippen LogP contribution in [0.3, 0.4) is 0 Å². The molecule has 3 rings (SSSR count). The van der Waals surface area contributed by atoms with Crippen molar-refractivity contribution in [3.8, 4) is 11.5 Å². The van der Waals surface area contributed by atoms with Crippen LogP contribution in [0.15, 0.2) is 22.9 Å². The normalized spacial score (nSPS) is 16.9. The molecule has 2 amide bonds. The smallest absolute Gasteiger partial charge is 0.317 e. The van der Waals surface area contributed by atoms with E-state index in [1.54, 1.807) is 11.0 Å². The summed E-state index contributed by atoms with van der Waals surface area (Å²) in [5.74, 6) is 0.298. The molecular weight excluding hydrogens is 389 g/mol. The van der Waals surface area contributed by atoms with E-state index in [4.69, 9.17) is 27.6 Å². The van der Waals surface area contributed by atoms with Crippen LogP contribution in [0.2, 0.25) is 10.0 Å². The Kier molecular flexibility index (Phi) is 6.24. The molecule has 1 N–H and O–H groups in total. The van der Waals surface area contributed by atoms with Gasteiger partial charge in [0.2, 0.25) is 12.3 Å². The molecule has 2 heterocycles. The van der Waals surface area contributed by atoms with Crippen LogP contribution in [-0.4, -0.2) is 59.3 Å². The van der Waals surface area contributed by atoms with E-state index in [0.29, 0.717) is 21.5 Å². The molecule has 1 aromatic carbocycles. The van der Waals surface area contributed by atoms with Crippen molar-refractivity contribution in [3.05, 3.63) is 34.1 Å². The Morgan fingerprint density at radius 1 is 1.33 bits per heavy atom. The molecule has 1 aliphatic rings. The Morgan fingerprint density at radius 3 is 2.67 bits per heavy atom. The number of nitrogens with zero attached hydrogens (tertiary/aromatic N) is 4. The second-order valence-corrected chi connectivity index (χ2v) is 7.65. The molecule has 0 spiro atoms. The number of amides is 2. The minimum atomic E-state index is -0.298. The molecule has 1 unspecified atom stereocenters. The van der Waals surface area contributed by atoms with Crippen LogP contribution in [0.1, 0.15) is 31.4 Å². The average Bonchev–Trinajstić information content (AvgIpc) is 3.18. The number of hydrogen-bond donors (Lipinski definition) is 1. The van der Waals surface area contributed by atoms with Crippen LogP contribution in [0.4, 0.5) is 4.79 Å². The number of halogens is 2. The van der Waals surface area contributed by atoms with Crippen molar-refractivity contribution in [1.29, 1.82) is 0 Å². The first-order chi connectivity index (χ1) is 12.9. The summed E-state index contributed by atoms with van der Waals surface area (Å²) in [5, 5.41) is 11.2. The molecule has 2 aromatic rings. The lowest BCUT2D eigenvalue weighted by Crippen LogP contribution is -2.48. The van der Waals surface area contributed by atoms with Crippen molar-refractivity contribution < 1.29 is 9.21 Å². The number of carbonyl (C=O) groups is 1. The molecule has 0 saturated carbocycles. The number of piperidine rings is 1. The first-order valence-corrected chi connectivity index (χ1v) is 9.60. The predicted molar refractivity (Wildman–Crippen MR) is 105 cm³/mol. The molecule has 7 nitrogen and oxygen atoms in total. The summed E-state index contributed by atoms with van der Waals surface area (Å²) in [6, 6.07) is 3.40. The van der Waals surface area contributed by atoms with E-state index in [9.17, 15) is 4.79 Å². The lowest BCUT2D eigenvalue weighted by Gasteiger charge is -2.35. The van der Waals surface area contributed by atoms with Crippen molar-refractivity contribution in [2.24, 2.45) is 0 Å². The van der Waals surface area contributed by atoms with Crippen molar-refractivity contribution in [2.45, 2.75) is 31.8 Å².